The van der Waals surface area contributed by atoms with E-state index in [2.05, 4.69) is 26.5 Å². The molecule has 9 heteroatoms. The fraction of sp³-hybridized carbons (Fsp3) is 0.458. The summed E-state index contributed by atoms with van der Waals surface area (Å²) in [5.41, 5.74) is 3.52. The quantitative estimate of drug-likeness (QED) is 0.591. The van der Waals surface area contributed by atoms with Gasteiger partial charge in [0.1, 0.15) is 0 Å². The number of hydrogen-bond donors (Lipinski definition) is 1. The average Bonchev–Trinajstić information content (AvgIpc) is 3.21. The Kier molecular flexibility index (Phi) is 5.19. The van der Waals surface area contributed by atoms with Crippen LogP contribution in [0.15, 0.2) is 30.3 Å². The summed E-state index contributed by atoms with van der Waals surface area (Å²) < 4.78 is 44.9. The van der Waals surface area contributed by atoms with Gasteiger partial charge in [0, 0.05) is 23.9 Å². The second-order valence-corrected chi connectivity index (χ2v) is 9.28. The second kappa shape index (κ2) is 7.83. The first-order valence-corrected chi connectivity index (χ1v) is 11.1. The standard InChI is InChI=1S/C24H26F3N5O/c1-14(17-5-4-6-18(9-17)24(25,26)27)29-22-19-10-20(15(2)28-21(19)16(3)30-31-22)32-8-7-23(11-32)12-33-13-23/h4-6,9-10,14H,7-8,11-13H2,1-3H3,(H,29,31)/t14-/m1/s1. The second-order valence-electron chi connectivity index (χ2n) is 9.28. The smallest absolute Gasteiger partial charge is 0.380 e. The molecular weight excluding hydrogens is 431 g/mol. The van der Waals surface area contributed by atoms with Crippen molar-refractivity contribution in [3.63, 3.8) is 0 Å². The molecule has 33 heavy (non-hydrogen) atoms. The van der Waals surface area contributed by atoms with E-state index in [4.69, 9.17) is 9.72 Å². The van der Waals surface area contributed by atoms with E-state index >= 15 is 0 Å². The minimum Gasteiger partial charge on any atom is -0.380 e. The molecule has 1 spiro atoms. The Morgan fingerprint density at radius 1 is 1.12 bits per heavy atom. The molecule has 4 heterocycles. The van der Waals surface area contributed by atoms with E-state index in [0.29, 0.717) is 17.1 Å². The first-order valence-electron chi connectivity index (χ1n) is 11.1. The number of ether oxygens (including phenoxy) is 1. The van der Waals surface area contributed by atoms with Crippen LogP contribution in [0, 0.1) is 19.3 Å². The van der Waals surface area contributed by atoms with Crippen LogP contribution in [0.25, 0.3) is 10.9 Å². The lowest BCUT2D eigenvalue weighted by atomic mass is 9.85. The number of alkyl halides is 3. The average molecular weight is 458 g/mol. The lowest BCUT2D eigenvalue weighted by Gasteiger charge is -2.38. The van der Waals surface area contributed by atoms with Crippen LogP contribution in [-0.4, -0.2) is 41.5 Å². The monoisotopic (exact) mass is 457 g/mol. The van der Waals surface area contributed by atoms with E-state index in [0.717, 1.165) is 61.1 Å². The Bertz CT molecular complexity index is 1210. The number of anilines is 2. The fourth-order valence-electron chi connectivity index (χ4n) is 4.74. The molecule has 5 rings (SSSR count). The Morgan fingerprint density at radius 3 is 2.58 bits per heavy atom. The minimum absolute atomic E-state index is 0.243. The molecule has 1 atom stereocenters. The van der Waals surface area contributed by atoms with Gasteiger partial charge < -0.3 is 15.0 Å². The molecule has 6 nitrogen and oxygen atoms in total. The van der Waals surface area contributed by atoms with E-state index in [9.17, 15) is 13.2 Å². The highest BCUT2D eigenvalue weighted by molar-refractivity contribution is 5.93. The Labute approximate surface area is 190 Å². The maximum Gasteiger partial charge on any atom is 0.416 e. The number of aryl methyl sites for hydroxylation is 2. The van der Waals surface area contributed by atoms with Gasteiger partial charge in [-0.25, -0.2) is 4.98 Å². The van der Waals surface area contributed by atoms with Crippen molar-refractivity contribution in [3.8, 4) is 0 Å². The van der Waals surface area contributed by atoms with E-state index in [-0.39, 0.29) is 5.41 Å². The van der Waals surface area contributed by atoms with Crippen LogP contribution in [0.2, 0.25) is 0 Å². The van der Waals surface area contributed by atoms with Crippen molar-refractivity contribution in [2.45, 2.75) is 39.4 Å². The highest BCUT2D eigenvalue weighted by Crippen LogP contribution is 2.41. The summed E-state index contributed by atoms with van der Waals surface area (Å²) in [5.74, 6) is 0.509. The van der Waals surface area contributed by atoms with Crippen molar-refractivity contribution in [3.05, 3.63) is 52.8 Å². The van der Waals surface area contributed by atoms with Gasteiger partial charge in [0.05, 0.1) is 47.4 Å². The lowest BCUT2D eigenvalue weighted by Crippen LogP contribution is -2.44. The van der Waals surface area contributed by atoms with Crippen LogP contribution in [0.1, 0.15) is 41.9 Å². The Hall–Kier alpha value is -2.94. The van der Waals surface area contributed by atoms with Crippen LogP contribution in [0.3, 0.4) is 0 Å². The van der Waals surface area contributed by atoms with Gasteiger partial charge in [-0.05, 0) is 51.0 Å². The summed E-state index contributed by atoms with van der Waals surface area (Å²) in [6, 6.07) is 7.02. The summed E-state index contributed by atoms with van der Waals surface area (Å²) in [4.78, 5) is 7.18. The number of rotatable bonds is 4. The van der Waals surface area contributed by atoms with Crippen LogP contribution >= 0.6 is 0 Å². The largest absolute Gasteiger partial charge is 0.416 e. The highest BCUT2D eigenvalue weighted by Gasteiger charge is 2.44. The number of fused-ring (bicyclic) bond motifs is 1. The minimum atomic E-state index is -4.39. The van der Waals surface area contributed by atoms with Gasteiger partial charge in [-0.1, -0.05) is 12.1 Å². The van der Waals surface area contributed by atoms with Gasteiger partial charge >= 0.3 is 6.18 Å². The lowest BCUT2D eigenvalue weighted by molar-refractivity contribution is -0.137. The van der Waals surface area contributed by atoms with Crippen LogP contribution in [0.4, 0.5) is 24.7 Å². The van der Waals surface area contributed by atoms with Crippen LogP contribution in [-0.2, 0) is 10.9 Å². The summed E-state index contributed by atoms with van der Waals surface area (Å²) in [5, 5.41) is 12.7. The number of hydrogen-bond acceptors (Lipinski definition) is 6. The number of nitrogens with zero attached hydrogens (tertiary/aromatic N) is 4. The zero-order valence-corrected chi connectivity index (χ0v) is 18.8. The van der Waals surface area contributed by atoms with Crippen LogP contribution < -0.4 is 10.2 Å². The van der Waals surface area contributed by atoms with Crippen molar-refractivity contribution in [2.75, 3.05) is 36.5 Å². The molecule has 2 saturated heterocycles. The van der Waals surface area contributed by atoms with Crippen molar-refractivity contribution >= 4 is 22.4 Å². The van der Waals surface area contributed by atoms with Gasteiger partial charge in [-0.3, -0.25) is 0 Å². The summed E-state index contributed by atoms with van der Waals surface area (Å²) >= 11 is 0. The topological polar surface area (TPSA) is 63.2 Å². The number of nitrogens with one attached hydrogen (secondary N) is 1. The normalized spacial score (nSPS) is 18.5. The van der Waals surface area contributed by atoms with Gasteiger partial charge in [-0.2, -0.15) is 18.3 Å². The molecule has 174 valence electrons. The first kappa shape index (κ1) is 21.9. The van der Waals surface area contributed by atoms with Gasteiger partial charge in [0.2, 0.25) is 0 Å². The molecule has 2 aromatic heterocycles. The maximum absolute atomic E-state index is 13.2. The molecule has 1 N–H and O–H groups in total. The van der Waals surface area contributed by atoms with Crippen molar-refractivity contribution in [1.29, 1.82) is 0 Å². The molecule has 2 fully saturated rings. The third kappa shape index (κ3) is 3.99. The van der Waals surface area contributed by atoms with E-state index < -0.39 is 17.8 Å². The maximum atomic E-state index is 13.2. The number of halogens is 3. The summed E-state index contributed by atoms with van der Waals surface area (Å²) in [6.07, 6.45) is -3.29. The Balaban J connectivity index is 1.49. The third-order valence-corrected chi connectivity index (χ3v) is 6.75. The molecule has 2 aliphatic rings. The highest BCUT2D eigenvalue weighted by atomic mass is 19.4. The van der Waals surface area contributed by atoms with Crippen molar-refractivity contribution < 1.29 is 17.9 Å². The van der Waals surface area contributed by atoms with Gasteiger partial charge in [0.25, 0.3) is 0 Å². The molecule has 3 aromatic rings. The molecule has 0 amide bonds. The molecule has 2 aliphatic heterocycles. The van der Waals surface area contributed by atoms with Crippen molar-refractivity contribution in [2.24, 2.45) is 5.41 Å². The van der Waals surface area contributed by atoms with E-state index in [1.807, 2.05) is 20.8 Å². The SMILES string of the molecule is Cc1nc2c(C)nnc(N[C@H](C)c3cccc(C(F)(F)F)c3)c2cc1N1CCC2(COC2)C1. The molecule has 0 aliphatic carbocycles. The molecule has 1 aromatic carbocycles. The van der Waals surface area contributed by atoms with Gasteiger partial charge in [-0.15, -0.1) is 5.10 Å². The predicted octanol–water partition coefficient (Wildman–Crippen LogP) is 5.06. The zero-order valence-electron chi connectivity index (χ0n) is 18.8. The van der Waals surface area contributed by atoms with E-state index in [1.54, 1.807) is 6.07 Å². The molecule has 0 saturated carbocycles. The predicted molar refractivity (Wildman–Crippen MR) is 120 cm³/mol. The summed E-state index contributed by atoms with van der Waals surface area (Å²) in [6.45, 7) is 9.14. The first-order chi connectivity index (χ1) is 15.7. The van der Waals surface area contributed by atoms with Gasteiger partial charge in [0.15, 0.2) is 5.82 Å². The van der Waals surface area contributed by atoms with Crippen molar-refractivity contribution in [1.82, 2.24) is 15.2 Å². The molecule has 0 bridgehead atoms. The molecule has 0 unspecified atom stereocenters. The third-order valence-electron chi connectivity index (χ3n) is 6.75. The van der Waals surface area contributed by atoms with E-state index in [1.165, 1.54) is 12.1 Å². The zero-order chi connectivity index (χ0) is 23.4. The molecule has 0 radical (unpaired) electrons. The summed E-state index contributed by atoms with van der Waals surface area (Å²) in [7, 11) is 0. The molecular formula is C24H26F3N5O. The fourth-order valence-corrected chi connectivity index (χ4v) is 4.74. The number of pyridine rings is 1. The number of aromatic nitrogens is 3. The number of benzene rings is 1. The van der Waals surface area contributed by atoms with Crippen LogP contribution in [0.5, 0.6) is 0 Å². The Morgan fingerprint density at radius 2 is 1.91 bits per heavy atom.